The van der Waals surface area contributed by atoms with Crippen LogP contribution in [-0.4, -0.2) is 11.0 Å². The summed E-state index contributed by atoms with van der Waals surface area (Å²) in [4.78, 5) is 11.8. The molecular formula is C12H7BrCl2N2O2S. The van der Waals surface area contributed by atoms with Crippen molar-refractivity contribution in [3.63, 3.8) is 0 Å². The molecule has 0 aliphatic rings. The molecule has 0 aliphatic heterocycles. The maximum absolute atomic E-state index is 11.8. The monoisotopic (exact) mass is 392 g/mol. The fraction of sp³-hybridized carbons (Fsp3) is 0. The Morgan fingerprint density at radius 2 is 1.85 bits per heavy atom. The minimum atomic E-state index is -0.457. The Labute approximate surface area is 138 Å². The van der Waals surface area contributed by atoms with Crippen LogP contribution in [0.15, 0.2) is 39.4 Å². The summed E-state index contributed by atoms with van der Waals surface area (Å²) in [6.07, 6.45) is 0. The first-order valence-corrected chi connectivity index (χ1v) is 7.23. The number of thiocarbonyl (C=S) groups is 1. The van der Waals surface area contributed by atoms with Crippen LogP contribution in [-0.2, 0) is 0 Å². The number of carbonyl (C=O) groups excluding carboxylic acids is 1. The maximum atomic E-state index is 11.8. The number of hydrogen-bond acceptors (Lipinski definition) is 3. The third-order valence-corrected chi connectivity index (χ3v) is 3.21. The predicted molar refractivity (Wildman–Crippen MR) is 86.6 cm³/mol. The highest BCUT2D eigenvalue weighted by Crippen LogP contribution is 2.22. The summed E-state index contributed by atoms with van der Waals surface area (Å²) in [5.74, 6) is -0.313. The summed E-state index contributed by atoms with van der Waals surface area (Å²) >= 11 is 19.9. The Morgan fingerprint density at radius 1 is 1.20 bits per heavy atom. The van der Waals surface area contributed by atoms with Crippen LogP contribution in [0, 0.1) is 0 Å². The number of hydrogen-bond donors (Lipinski definition) is 2. The van der Waals surface area contributed by atoms with Crippen molar-refractivity contribution in [2.24, 2.45) is 0 Å². The molecule has 0 aliphatic carbocycles. The number of furan rings is 1. The van der Waals surface area contributed by atoms with Crippen molar-refractivity contribution in [1.29, 1.82) is 0 Å². The van der Waals surface area contributed by atoms with Gasteiger partial charge in [0.1, 0.15) is 0 Å². The van der Waals surface area contributed by atoms with Gasteiger partial charge in [0.05, 0.1) is 0 Å². The SMILES string of the molecule is O=C(NC(=S)Nc1cc(Cl)cc(Cl)c1)c1ccc(Br)o1. The van der Waals surface area contributed by atoms with Crippen LogP contribution in [0.5, 0.6) is 0 Å². The Kier molecular flexibility index (Phi) is 5.04. The van der Waals surface area contributed by atoms with Gasteiger partial charge in [0.2, 0.25) is 0 Å². The highest BCUT2D eigenvalue weighted by Gasteiger charge is 2.12. The van der Waals surface area contributed by atoms with Gasteiger partial charge in [-0.2, -0.15) is 0 Å². The molecule has 1 heterocycles. The first-order valence-electron chi connectivity index (χ1n) is 5.28. The number of anilines is 1. The van der Waals surface area contributed by atoms with E-state index in [0.717, 1.165) is 0 Å². The van der Waals surface area contributed by atoms with Crippen LogP contribution < -0.4 is 10.6 Å². The van der Waals surface area contributed by atoms with Gasteiger partial charge in [-0.05, 0) is 58.5 Å². The van der Waals surface area contributed by atoms with Crippen LogP contribution in [0.3, 0.4) is 0 Å². The molecule has 4 nitrogen and oxygen atoms in total. The van der Waals surface area contributed by atoms with Crippen molar-refractivity contribution in [2.45, 2.75) is 0 Å². The molecule has 1 amide bonds. The Hall–Kier alpha value is -1.08. The number of halogens is 3. The normalized spacial score (nSPS) is 10.2. The summed E-state index contributed by atoms with van der Waals surface area (Å²) in [7, 11) is 0. The van der Waals surface area contributed by atoms with E-state index >= 15 is 0 Å². The minimum Gasteiger partial charge on any atom is -0.444 e. The molecule has 1 aromatic carbocycles. The highest BCUT2D eigenvalue weighted by molar-refractivity contribution is 9.10. The number of benzene rings is 1. The largest absolute Gasteiger partial charge is 0.444 e. The average Bonchev–Trinajstić information content (AvgIpc) is 2.74. The van der Waals surface area contributed by atoms with E-state index in [-0.39, 0.29) is 10.9 Å². The molecule has 0 spiro atoms. The van der Waals surface area contributed by atoms with Gasteiger partial charge in [-0.1, -0.05) is 23.2 Å². The Balaban J connectivity index is 2.00. The van der Waals surface area contributed by atoms with Gasteiger partial charge in [-0.3, -0.25) is 10.1 Å². The quantitative estimate of drug-likeness (QED) is 0.738. The van der Waals surface area contributed by atoms with E-state index < -0.39 is 5.91 Å². The van der Waals surface area contributed by atoms with E-state index in [1.807, 2.05) is 0 Å². The molecule has 0 bridgehead atoms. The van der Waals surface area contributed by atoms with Crippen molar-refractivity contribution in [3.05, 3.63) is 50.8 Å². The molecule has 0 unspecified atom stereocenters. The number of amides is 1. The first kappa shape index (κ1) is 15.3. The smallest absolute Gasteiger partial charge is 0.293 e. The topological polar surface area (TPSA) is 54.3 Å². The van der Waals surface area contributed by atoms with Crippen LogP contribution >= 0.6 is 51.3 Å². The zero-order valence-corrected chi connectivity index (χ0v) is 13.7. The van der Waals surface area contributed by atoms with Gasteiger partial charge >= 0.3 is 0 Å². The number of nitrogens with one attached hydrogen (secondary N) is 2. The van der Waals surface area contributed by atoms with Gasteiger partial charge in [-0.25, -0.2) is 0 Å². The highest BCUT2D eigenvalue weighted by atomic mass is 79.9. The Morgan fingerprint density at radius 3 is 2.40 bits per heavy atom. The summed E-state index contributed by atoms with van der Waals surface area (Å²) in [6.45, 7) is 0. The molecule has 8 heteroatoms. The van der Waals surface area contributed by atoms with Crippen LogP contribution in [0.1, 0.15) is 10.6 Å². The maximum Gasteiger partial charge on any atom is 0.293 e. The molecule has 104 valence electrons. The molecule has 0 saturated carbocycles. The molecule has 0 saturated heterocycles. The average molecular weight is 394 g/mol. The second-order valence-electron chi connectivity index (χ2n) is 3.67. The van der Waals surface area contributed by atoms with Crippen LogP contribution in [0.25, 0.3) is 0 Å². The van der Waals surface area contributed by atoms with Gasteiger partial charge in [-0.15, -0.1) is 0 Å². The van der Waals surface area contributed by atoms with Crippen molar-refractivity contribution in [3.8, 4) is 0 Å². The fourth-order valence-corrected chi connectivity index (χ4v) is 2.43. The van der Waals surface area contributed by atoms with Crippen LogP contribution in [0.2, 0.25) is 10.0 Å². The fourth-order valence-electron chi connectivity index (χ4n) is 1.39. The first-order chi connectivity index (χ1) is 9.44. The van der Waals surface area contributed by atoms with E-state index in [1.54, 1.807) is 24.3 Å². The van der Waals surface area contributed by atoms with Crippen molar-refractivity contribution in [1.82, 2.24) is 5.32 Å². The molecule has 20 heavy (non-hydrogen) atoms. The number of carbonyl (C=O) groups is 1. The minimum absolute atomic E-state index is 0.112. The van der Waals surface area contributed by atoms with Crippen LogP contribution in [0.4, 0.5) is 5.69 Å². The van der Waals surface area contributed by atoms with E-state index in [2.05, 4.69) is 26.6 Å². The van der Waals surface area contributed by atoms with E-state index in [9.17, 15) is 4.79 Å². The summed E-state index contributed by atoms with van der Waals surface area (Å²) in [5.41, 5.74) is 0.577. The zero-order chi connectivity index (χ0) is 14.7. The lowest BCUT2D eigenvalue weighted by atomic mass is 10.3. The standard InChI is InChI=1S/C12H7BrCl2N2O2S/c13-10-2-1-9(19-10)11(18)17-12(20)16-8-4-6(14)3-7(15)5-8/h1-5H,(H2,16,17,18,20). The molecule has 0 atom stereocenters. The summed E-state index contributed by atoms with van der Waals surface area (Å²) < 4.78 is 5.57. The van der Waals surface area contributed by atoms with E-state index in [0.29, 0.717) is 20.4 Å². The molecule has 0 fully saturated rings. The third-order valence-electron chi connectivity index (χ3n) is 2.14. The predicted octanol–water partition coefficient (Wildman–Crippen LogP) is 4.48. The second-order valence-corrected chi connectivity index (χ2v) is 5.73. The molecule has 0 radical (unpaired) electrons. The van der Waals surface area contributed by atoms with Crippen molar-refractivity contribution < 1.29 is 9.21 Å². The molecule has 1 aromatic heterocycles. The molecule has 2 N–H and O–H groups in total. The lowest BCUT2D eigenvalue weighted by Crippen LogP contribution is -2.33. The van der Waals surface area contributed by atoms with Gasteiger partial charge < -0.3 is 9.73 Å². The van der Waals surface area contributed by atoms with E-state index in [1.165, 1.54) is 6.07 Å². The zero-order valence-electron chi connectivity index (χ0n) is 9.75. The van der Waals surface area contributed by atoms with Gasteiger partial charge in [0.25, 0.3) is 5.91 Å². The second kappa shape index (κ2) is 6.58. The molecule has 2 rings (SSSR count). The van der Waals surface area contributed by atoms with E-state index in [4.69, 9.17) is 39.8 Å². The van der Waals surface area contributed by atoms with Crippen molar-refractivity contribution >= 4 is 68.1 Å². The lowest BCUT2D eigenvalue weighted by Gasteiger charge is -2.09. The number of rotatable bonds is 2. The summed E-state index contributed by atoms with van der Waals surface area (Å²) in [5, 5.41) is 6.32. The van der Waals surface area contributed by atoms with Gasteiger partial charge in [0, 0.05) is 15.7 Å². The van der Waals surface area contributed by atoms with Crippen molar-refractivity contribution in [2.75, 3.05) is 5.32 Å². The summed E-state index contributed by atoms with van der Waals surface area (Å²) in [6, 6.07) is 8.00. The third kappa shape index (κ3) is 4.21. The molecule has 2 aromatic rings. The molecular weight excluding hydrogens is 387 g/mol. The Bertz CT molecular complexity index is 655. The lowest BCUT2D eigenvalue weighted by molar-refractivity contribution is 0.0949. The van der Waals surface area contributed by atoms with Gasteiger partial charge in [0.15, 0.2) is 15.5 Å².